The zero-order chi connectivity index (χ0) is 20.1. The molecule has 28 heavy (non-hydrogen) atoms. The van der Waals surface area contributed by atoms with Gasteiger partial charge in [0.05, 0.1) is 11.5 Å². The number of likely N-dealkylation sites (N-methyl/N-ethyl adjacent to an activating group) is 1. The van der Waals surface area contributed by atoms with Gasteiger partial charge in [-0.1, -0.05) is 25.5 Å². The number of hydrogen-bond acceptors (Lipinski definition) is 4. The first-order valence-corrected chi connectivity index (χ1v) is 9.74. The zero-order valence-electron chi connectivity index (χ0n) is 15.6. The van der Waals surface area contributed by atoms with Gasteiger partial charge in [-0.2, -0.15) is 0 Å². The van der Waals surface area contributed by atoms with Crippen molar-refractivity contribution in [1.29, 1.82) is 0 Å². The van der Waals surface area contributed by atoms with Crippen molar-refractivity contribution < 1.29 is 18.3 Å². The second kappa shape index (κ2) is 9.01. The largest absolute Gasteiger partial charge is 0.494 e. The summed E-state index contributed by atoms with van der Waals surface area (Å²) in [5, 5.41) is 0.331. The number of thioether (sulfide) groups is 1. The van der Waals surface area contributed by atoms with Gasteiger partial charge in [-0.05, 0) is 54.1 Å². The maximum absolute atomic E-state index is 13.9. The van der Waals surface area contributed by atoms with E-state index in [1.54, 1.807) is 13.1 Å². The lowest BCUT2D eigenvalue weighted by atomic mass is 10.2. The van der Waals surface area contributed by atoms with E-state index in [0.717, 1.165) is 48.0 Å². The molecule has 1 aliphatic heterocycles. The standard InChI is InChI=1S/C21H20F2N2O2S/c1-3-4-10-27-16-7-5-6-14(11-16)12-19-20(26)25(2)21(28-19)24-18-9-8-15(22)13-17(18)23/h5-9,11-13H,3-4,10H2,1-2H3/b19-12+,24-21?. The molecule has 0 N–H and O–H groups in total. The van der Waals surface area contributed by atoms with Gasteiger partial charge in [0.2, 0.25) is 0 Å². The Balaban J connectivity index is 1.81. The lowest BCUT2D eigenvalue weighted by molar-refractivity contribution is -0.121. The van der Waals surface area contributed by atoms with Crippen LogP contribution in [-0.2, 0) is 4.79 Å². The number of nitrogens with zero attached hydrogens (tertiary/aromatic N) is 2. The normalized spacial score (nSPS) is 17.0. The van der Waals surface area contributed by atoms with Crippen LogP contribution in [0.4, 0.5) is 14.5 Å². The van der Waals surface area contributed by atoms with E-state index in [2.05, 4.69) is 11.9 Å². The molecule has 1 fully saturated rings. The fourth-order valence-corrected chi connectivity index (χ4v) is 3.49. The number of halogens is 2. The Bertz CT molecular complexity index is 944. The highest BCUT2D eigenvalue weighted by atomic mass is 32.2. The number of carbonyl (C=O) groups excluding carboxylic acids is 1. The Kier molecular flexibility index (Phi) is 6.46. The lowest BCUT2D eigenvalue weighted by Crippen LogP contribution is -2.23. The molecule has 146 valence electrons. The third-order valence-electron chi connectivity index (χ3n) is 4.05. The Morgan fingerprint density at radius 3 is 2.79 bits per heavy atom. The lowest BCUT2D eigenvalue weighted by Gasteiger charge is -2.07. The molecule has 2 aromatic rings. The minimum atomic E-state index is -0.775. The number of rotatable bonds is 6. The minimum absolute atomic E-state index is 0.0175. The van der Waals surface area contributed by atoms with Gasteiger partial charge in [-0.3, -0.25) is 9.69 Å². The first-order chi connectivity index (χ1) is 13.5. The van der Waals surface area contributed by atoms with Gasteiger partial charge < -0.3 is 4.74 Å². The third kappa shape index (κ3) is 4.78. The van der Waals surface area contributed by atoms with Crippen LogP contribution in [0.25, 0.3) is 6.08 Å². The number of unbranched alkanes of at least 4 members (excludes halogenated alkanes) is 1. The van der Waals surface area contributed by atoms with Gasteiger partial charge in [0, 0.05) is 13.1 Å². The van der Waals surface area contributed by atoms with Crippen LogP contribution in [0.2, 0.25) is 0 Å². The third-order valence-corrected chi connectivity index (χ3v) is 5.11. The first-order valence-electron chi connectivity index (χ1n) is 8.92. The van der Waals surface area contributed by atoms with Gasteiger partial charge in [0.15, 0.2) is 11.0 Å². The summed E-state index contributed by atoms with van der Waals surface area (Å²) < 4.78 is 32.6. The highest BCUT2D eigenvalue weighted by Gasteiger charge is 2.30. The van der Waals surface area contributed by atoms with Crippen molar-refractivity contribution in [1.82, 2.24) is 4.90 Å². The smallest absolute Gasteiger partial charge is 0.266 e. The average molecular weight is 402 g/mol. The highest BCUT2D eigenvalue weighted by Crippen LogP contribution is 2.34. The van der Waals surface area contributed by atoms with Crippen molar-refractivity contribution >= 4 is 34.6 Å². The van der Waals surface area contributed by atoms with Crippen molar-refractivity contribution in [3.05, 3.63) is 64.6 Å². The molecule has 0 radical (unpaired) electrons. The number of ether oxygens (including phenoxy) is 1. The minimum Gasteiger partial charge on any atom is -0.494 e. The van der Waals surface area contributed by atoms with Crippen molar-refractivity contribution in [2.75, 3.05) is 13.7 Å². The molecule has 4 nitrogen and oxygen atoms in total. The Morgan fingerprint density at radius 2 is 2.04 bits per heavy atom. The molecule has 1 amide bonds. The molecule has 2 aromatic carbocycles. The molecule has 1 heterocycles. The Hall–Kier alpha value is -2.67. The van der Waals surface area contributed by atoms with E-state index in [1.807, 2.05) is 24.3 Å². The first kappa shape index (κ1) is 20.1. The quantitative estimate of drug-likeness (QED) is 0.481. The Morgan fingerprint density at radius 1 is 1.21 bits per heavy atom. The second-order valence-electron chi connectivity index (χ2n) is 6.24. The molecule has 1 aliphatic rings. The summed E-state index contributed by atoms with van der Waals surface area (Å²) in [6.07, 6.45) is 3.78. The van der Waals surface area contributed by atoms with Crippen molar-refractivity contribution in [2.45, 2.75) is 19.8 Å². The van der Waals surface area contributed by atoms with Gasteiger partial charge >= 0.3 is 0 Å². The van der Waals surface area contributed by atoms with Crippen LogP contribution in [0.5, 0.6) is 5.75 Å². The molecule has 0 spiro atoms. The highest BCUT2D eigenvalue weighted by molar-refractivity contribution is 8.18. The van der Waals surface area contributed by atoms with Crippen LogP contribution in [0, 0.1) is 11.6 Å². The zero-order valence-corrected chi connectivity index (χ0v) is 16.4. The number of amidine groups is 1. The SMILES string of the molecule is CCCCOc1cccc(/C=C2/SC(=Nc3ccc(F)cc3F)N(C)C2=O)c1. The summed E-state index contributed by atoms with van der Waals surface area (Å²) in [5.74, 6) is -0.938. The maximum atomic E-state index is 13.9. The molecule has 0 saturated carbocycles. The molecule has 0 bridgehead atoms. The van der Waals surface area contributed by atoms with Gasteiger partial charge in [0.1, 0.15) is 17.3 Å². The number of aliphatic imine (C=N–C) groups is 1. The predicted molar refractivity (Wildman–Crippen MR) is 109 cm³/mol. The Labute approximate surface area is 166 Å². The summed E-state index contributed by atoms with van der Waals surface area (Å²) >= 11 is 1.14. The molecule has 3 rings (SSSR count). The number of benzene rings is 2. The fourth-order valence-electron chi connectivity index (χ4n) is 2.51. The van der Waals surface area contributed by atoms with Crippen LogP contribution >= 0.6 is 11.8 Å². The van der Waals surface area contributed by atoms with E-state index in [0.29, 0.717) is 16.7 Å². The number of amides is 1. The van der Waals surface area contributed by atoms with Crippen LogP contribution in [0.3, 0.4) is 0 Å². The van der Waals surface area contributed by atoms with Crippen molar-refractivity contribution in [2.24, 2.45) is 4.99 Å². The van der Waals surface area contributed by atoms with E-state index in [4.69, 9.17) is 4.74 Å². The average Bonchev–Trinajstić information content (AvgIpc) is 2.92. The maximum Gasteiger partial charge on any atom is 0.266 e. The van der Waals surface area contributed by atoms with Crippen molar-refractivity contribution in [3.8, 4) is 5.75 Å². The van der Waals surface area contributed by atoms with E-state index in [1.165, 1.54) is 11.0 Å². The van der Waals surface area contributed by atoms with Crippen LogP contribution in [0.1, 0.15) is 25.3 Å². The van der Waals surface area contributed by atoms with Gasteiger partial charge in [0.25, 0.3) is 5.91 Å². The summed E-state index contributed by atoms with van der Waals surface area (Å²) in [5.41, 5.74) is 0.809. The molecule has 7 heteroatoms. The predicted octanol–water partition coefficient (Wildman–Crippen LogP) is 5.38. The summed E-state index contributed by atoms with van der Waals surface area (Å²) in [6, 6.07) is 10.6. The fraction of sp³-hybridized carbons (Fsp3) is 0.238. The molecular formula is C21H20F2N2O2S. The van der Waals surface area contributed by atoms with Crippen LogP contribution < -0.4 is 4.74 Å². The topological polar surface area (TPSA) is 41.9 Å². The number of carbonyl (C=O) groups is 1. The van der Waals surface area contributed by atoms with Crippen LogP contribution in [0.15, 0.2) is 52.4 Å². The van der Waals surface area contributed by atoms with E-state index in [-0.39, 0.29) is 11.6 Å². The molecule has 0 aromatic heterocycles. The monoisotopic (exact) mass is 402 g/mol. The second-order valence-corrected chi connectivity index (χ2v) is 7.25. The van der Waals surface area contributed by atoms with Gasteiger partial charge in [-0.25, -0.2) is 13.8 Å². The molecule has 0 atom stereocenters. The molecule has 0 unspecified atom stereocenters. The summed E-state index contributed by atoms with van der Waals surface area (Å²) in [6.45, 7) is 2.74. The summed E-state index contributed by atoms with van der Waals surface area (Å²) in [4.78, 5) is 18.5. The van der Waals surface area contributed by atoms with Gasteiger partial charge in [-0.15, -0.1) is 0 Å². The van der Waals surface area contributed by atoms with Crippen molar-refractivity contribution in [3.63, 3.8) is 0 Å². The molecular weight excluding hydrogens is 382 g/mol. The number of hydrogen-bond donors (Lipinski definition) is 0. The summed E-state index contributed by atoms with van der Waals surface area (Å²) in [7, 11) is 1.57. The van der Waals surface area contributed by atoms with E-state index < -0.39 is 11.6 Å². The van der Waals surface area contributed by atoms with Crippen LogP contribution in [-0.4, -0.2) is 29.6 Å². The van der Waals surface area contributed by atoms with E-state index >= 15 is 0 Å². The molecule has 1 saturated heterocycles. The van der Waals surface area contributed by atoms with E-state index in [9.17, 15) is 13.6 Å². The molecule has 0 aliphatic carbocycles.